The summed E-state index contributed by atoms with van der Waals surface area (Å²) in [6, 6.07) is 17.1. The van der Waals surface area contributed by atoms with Crippen molar-refractivity contribution in [3.05, 3.63) is 117 Å². The van der Waals surface area contributed by atoms with E-state index in [1.807, 2.05) is 30.5 Å². The van der Waals surface area contributed by atoms with Gasteiger partial charge in [-0.25, -0.2) is 4.39 Å². The number of nitro groups is 1. The van der Waals surface area contributed by atoms with Crippen LogP contribution in [0.5, 0.6) is 0 Å². The molecule has 1 saturated heterocycles. The number of para-hydroxylation sites is 1. The lowest BCUT2D eigenvalue weighted by molar-refractivity contribution is -0.384. The highest BCUT2D eigenvalue weighted by atomic mass is 19.1. The Morgan fingerprint density at radius 3 is 2.56 bits per heavy atom. The number of hydrogen-bond donors (Lipinski definition) is 2. The van der Waals surface area contributed by atoms with Crippen molar-refractivity contribution in [3.8, 4) is 0 Å². The molecule has 0 aliphatic carbocycles. The summed E-state index contributed by atoms with van der Waals surface area (Å²) in [6.07, 6.45) is 2.24. The minimum atomic E-state index is -1.06. The van der Waals surface area contributed by atoms with E-state index in [4.69, 9.17) is 0 Å². The van der Waals surface area contributed by atoms with E-state index in [1.54, 1.807) is 6.07 Å². The number of carbonyl (C=O) groups excluding carboxylic acids is 2. The first-order valence-corrected chi connectivity index (χ1v) is 11.2. The number of H-pyrrole nitrogens is 1. The van der Waals surface area contributed by atoms with Crippen LogP contribution in [-0.2, 0) is 16.0 Å². The fourth-order valence-corrected chi connectivity index (χ4v) is 4.61. The third-order valence-corrected chi connectivity index (χ3v) is 6.35. The van der Waals surface area contributed by atoms with Gasteiger partial charge in [0.05, 0.1) is 16.5 Å². The predicted molar refractivity (Wildman–Crippen MR) is 131 cm³/mol. The molecular formula is C27H20FN3O5. The van der Waals surface area contributed by atoms with Crippen LogP contribution in [-0.4, -0.2) is 38.1 Å². The summed E-state index contributed by atoms with van der Waals surface area (Å²) < 4.78 is 13.4. The van der Waals surface area contributed by atoms with Crippen LogP contribution in [0.25, 0.3) is 16.7 Å². The molecule has 1 amide bonds. The molecule has 5 rings (SSSR count). The zero-order valence-electron chi connectivity index (χ0n) is 18.8. The second kappa shape index (κ2) is 9.10. The monoisotopic (exact) mass is 485 g/mol. The van der Waals surface area contributed by atoms with E-state index in [9.17, 15) is 29.2 Å². The summed E-state index contributed by atoms with van der Waals surface area (Å²) in [5, 5.41) is 23.4. The van der Waals surface area contributed by atoms with Crippen molar-refractivity contribution < 1.29 is 24.0 Å². The van der Waals surface area contributed by atoms with Crippen molar-refractivity contribution >= 4 is 34.0 Å². The Morgan fingerprint density at radius 2 is 1.81 bits per heavy atom. The SMILES string of the molecule is O=C1C(=O)N(CCc2c[nH]c3ccccc23)[C@H](c2cccc([N+](=O)[O-])c2)C1=C(O)c1ccc(F)cc1. The first kappa shape index (κ1) is 23.0. The van der Waals surface area contributed by atoms with E-state index in [2.05, 4.69) is 4.98 Å². The number of fused-ring (bicyclic) bond motifs is 1. The van der Waals surface area contributed by atoms with Crippen LogP contribution in [0.4, 0.5) is 10.1 Å². The Labute approximate surface area is 204 Å². The van der Waals surface area contributed by atoms with Crippen molar-refractivity contribution in [3.63, 3.8) is 0 Å². The van der Waals surface area contributed by atoms with E-state index in [0.717, 1.165) is 28.6 Å². The van der Waals surface area contributed by atoms with Gasteiger partial charge in [-0.05, 0) is 47.9 Å². The molecule has 0 bridgehead atoms. The third kappa shape index (κ3) is 4.00. The number of aromatic nitrogens is 1. The van der Waals surface area contributed by atoms with Crippen LogP contribution in [0.2, 0.25) is 0 Å². The topological polar surface area (TPSA) is 117 Å². The third-order valence-electron chi connectivity index (χ3n) is 6.35. The van der Waals surface area contributed by atoms with Gasteiger partial charge >= 0.3 is 0 Å². The Kier molecular flexibility index (Phi) is 5.81. The molecule has 36 heavy (non-hydrogen) atoms. The van der Waals surface area contributed by atoms with E-state index in [1.165, 1.54) is 35.2 Å². The van der Waals surface area contributed by atoms with Crippen LogP contribution in [0, 0.1) is 15.9 Å². The molecule has 2 heterocycles. The standard InChI is InChI=1S/C27H20FN3O5/c28-19-10-8-16(9-11-19)25(32)23-24(17-4-3-5-20(14-17)31(35)36)30(27(34)26(23)33)13-12-18-15-29-22-7-2-1-6-21(18)22/h1-11,14-15,24,29,32H,12-13H2/t24-/m1/s1. The van der Waals surface area contributed by atoms with E-state index < -0.39 is 34.2 Å². The fraction of sp³-hybridized carbons (Fsp3) is 0.111. The molecule has 0 spiro atoms. The number of nitrogens with zero attached hydrogens (tertiary/aromatic N) is 2. The Hall–Kier alpha value is -4.79. The number of rotatable bonds is 6. The van der Waals surface area contributed by atoms with Crippen molar-refractivity contribution in [2.45, 2.75) is 12.5 Å². The summed E-state index contributed by atoms with van der Waals surface area (Å²) in [4.78, 5) is 41.6. The van der Waals surface area contributed by atoms with Gasteiger partial charge in [0.15, 0.2) is 0 Å². The second-order valence-corrected chi connectivity index (χ2v) is 8.46. The molecule has 1 aliphatic heterocycles. The molecule has 1 atom stereocenters. The van der Waals surface area contributed by atoms with Gasteiger partial charge in [0.2, 0.25) is 0 Å². The first-order valence-electron chi connectivity index (χ1n) is 11.2. The summed E-state index contributed by atoms with van der Waals surface area (Å²) >= 11 is 0. The fourth-order valence-electron chi connectivity index (χ4n) is 4.61. The average molecular weight is 485 g/mol. The number of aliphatic hydroxyl groups excluding tert-OH is 1. The number of nitro benzene ring substituents is 1. The number of Topliss-reactive ketones (excluding diaryl/α,β-unsaturated/α-hetero) is 1. The van der Waals surface area contributed by atoms with Gasteiger partial charge in [0.1, 0.15) is 11.6 Å². The smallest absolute Gasteiger partial charge is 0.295 e. The number of ketones is 1. The quantitative estimate of drug-likeness (QED) is 0.133. The molecule has 180 valence electrons. The van der Waals surface area contributed by atoms with Crippen LogP contribution < -0.4 is 0 Å². The van der Waals surface area contributed by atoms with Gasteiger partial charge in [-0.2, -0.15) is 0 Å². The normalized spacial score (nSPS) is 17.1. The van der Waals surface area contributed by atoms with Crippen LogP contribution in [0.15, 0.2) is 84.6 Å². The average Bonchev–Trinajstić information content (AvgIpc) is 3.41. The minimum Gasteiger partial charge on any atom is -0.507 e. The van der Waals surface area contributed by atoms with Crippen molar-refractivity contribution in [2.24, 2.45) is 0 Å². The maximum absolute atomic E-state index is 13.4. The highest BCUT2D eigenvalue weighted by Gasteiger charge is 2.46. The molecule has 0 unspecified atom stereocenters. The first-order chi connectivity index (χ1) is 17.3. The molecule has 0 radical (unpaired) electrons. The Morgan fingerprint density at radius 1 is 1.06 bits per heavy atom. The number of nitrogens with one attached hydrogen (secondary N) is 1. The Bertz CT molecular complexity index is 1540. The predicted octanol–water partition coefficient (Wildman–Crippen LogP) is 4.88. The molecule has 2 N–H and O–H groups in total. The van der Waals surface area contributed by atoms with Crippen LogP contribution in [0.1, 0.15) is 22.7 Å². The summed E-state index contributed by atoms with van der Waals surface area (Å²) in [5.41, 5.74) is 1.92. The molecule has 1 aromatic heterocycles. The van der Waals surface area contributed by atoms with E-state index in [-0.39, 0.29) is 23.4 Å². The lowest BCUT2D eigenvalue weighted by Crippen LogP contribution is -2.31. The van der Waals surface area contributed by atoms with Gasteiger partial charge in [-0.1, -0.05) is 30.3 Å². The van der Waals surface area contributed by atoms with Crippen molar-refractivity contribution in [2.75, 3.05) is 6.54 Å². The number of likely N-dealkylation sites (tertiary alicyclic amines) is 1. The summed E-state index contributed by atoms with van der Waals surface area (Å²) in [6.45, 7) is 0.125. The zero-order chi connectivity index (χ0) is 25.4. The molecule has 1 aliphatic rings. The summed E-state index contributed by atoms with van der Waals surface area (Å²) in [5.74, 6) is -2.73. The van der Waals surface area contributed by atoms with E-state index >= 15 is 0 Å². The second-order valence-electron chi connectivity index (χ2n) is 8.46. The maximum Gasteiger partial charge on any atom is 0.295 e. The van der Waals surface area contributed by atoms with Gasteiger partial charge in [0.25, 0.3) is 17.4 Å². The zero-order valence-corrected chi connectivity index (χ0v) is 18.8. The minimum absolute atomic E-state index is 0.125. The number of halogens is 1. The maximum atomic E-state index is 13.4. The largest absolute Gasteiger partial charge is 0.507 e. The van der Waals surface area contributed by atoms with Gasteiger partial charge < -0.3 is 15.0 Å². The van der Waals surface area contributed by atoms with Gasteiger partial charge in [0, 0.05) is 41.3 Å². The molecule has 8 nitrogen and oxygen atoms in total. The summed E-state index contributed by atoms with van der Waals surface area (Å²) in [7, 11) is 0. The number of non-ortho nitro benzene ring substituents is 1. The molecular weight excluding hydrogens is 465 g/mol. The number of aliphatic hydroxyl groups is 1. The molecule has 3 aromatic carbocycles. The van der Waals surface area contributed by atoms with Gasteiger partial charge in [-0.3, -0.25) is 19.7 Å². The number of aromatic amines is 1. The van der Waals surface area contributed by atoms with Crippen LogP contribution in [0.3, 0.4) is 0 Å². The molecule has 0 saturated carbocycles. The highest BCUT2D eigenvalue weighted by Crippen LogP contribution is 2.40. The van der Waals surface area contributed by atoms with Crippen LogP contribution >= 0.6 is 0 Å². The number of hydrogen-bond acceptors (Lipinski definition) is 5. The van der Waals surface area contributed by atoms with Gasteiger partial charge in [-0.15, -0.1) is 0 Å². The number of amides is 1. The van der Waals surface area contributed by atoms with Crippen molar-refractivity contribution in [1.29, 1.82) is 0 Å². The van der Waals surface area contributed by atoms with E-state index in [0.29, 0.717) is 12.0 Å². The number of benzene rings is 3. The molecule has 1 fully saturated rings. The lowest BCUT2D eigenvalue weighted by Gasteiger charge is -2.25. The Balaban J connectivity index is 1.59. The van der Waals surface area contributed by atoms with Crippen molar-refractivity contribution in [1.82, 2.24) is 9.88 Å². The molecule has 4 aromatic rings. The highest BCUT2D eigenvalue weighted by molar-refractivity contribution is 6.46. The number of carbonyl (C=O) groups is 2. The molecule has 9 heteroatoms. The lowest BCUT2D eigenvalue weighted by atomic mass is 9.95.